The number of alkyl halides is 3. The van der Waals surface area contributed by atoms with E-state index in [0.29, 0.717) is 0 Å². The van der Waals surface area contributed by atoms with Gasteiger partial charge in [-0.1, -0.05) is 18.2 Å². The summed E-state index contributed by atoms with van der Waals surface area (Å²) in [5, 5.41) is 6.26. The summed E-state index contributed by atoms with van der Waals surface area (Å²) in [6.07, 6.45) is 0.195. The number of anilines is 1. The van der Waals surface area contributed by atoms with E-state index in [1.165, 1.54) is 24.4 Å². The number of rotatable bonds is 3. The van der Waals surface area contributed by atoms with Gasteiger partial charge in [0.1, 0.15) is 0 Å². The molecule has 0 radical (unpaired) electrons. The molecular weight excluding hydrogens is 313 g/mol. The van der Waals surface area contributed by atoms with Crippen LogP contribution in [0, 0.1) is 0 Å². The van der Waals surface area contributed by atoms with Crippen LogP contribution in [0.3, 0.4) is 0 Å². The number of hydrazone groups is 1. The average molecular weight is 324 g/mol. The van der Waals surface area contributed by atoms with Gasteiger partial charge in [-0.15, -0.1) is 0 Å². The molecule has 22 heavy (non-hydrogen) atoms. The second-order valence-corrected chi connectivity index (χ2v) is 4.56. The smallest absolute Gasteiger partial charge is 0.331 e. The van der Waals surface area contributed by atoms with Crippen LogP contribution in [0.25, 0.3) is 0 Å². The third-order valence-electron chi connectivity index (χ3n) is 2.54. The Bertz CT molecular complexity index is 671. The largest absolute Gasteiger partial charge is 0.418 e. The van der Waals surface area contributed by atoms with Gasteiger partial charge in [0.05, 0.1) is 17.5 Å². The Morgan fingerprint density at radius 1 is 1.18 bits per heavy atom. The molecule has 1 aromatic carbocycles. The van der Waals surface area contributed by atoms with Gasteiger partial charge in [0.25, 0.3) is 0 Å². The van der Waals surface area contributed by atoms with Crippen LogP contribution in [0.1, 0.15) is 11.1 Å². The van der Waals surface area contributed by atoms with Crippen molar-refractivity contribution in [1.82, 2.24) is 10.4 Å². The maximum atomic E-state index is 12.8. The minimum Gasteiger partial charge on any atom is -0.331 e. The number of hydrogen-bond donors (Lipinski definition) is 2. The highest BCUT2D eigenvalue weighted by Crippen LogP contribution is 2.34. The van der Waals surface area contributed by atoms with E-state index in [0.717, 1.165) is 11.6 Å². The molecule has 1 heterocycles. The van der Waals surface area contributed by atoms with Crippen molar-refractivity contribution in [2.75, 3.05) is 5.32 Å². The fourth-order valence-corrected chi connectivity index (χ4v) is 1.77. The van der Waals surface area contributed by atoms with Crippen molar-refractivity contribution in [3.05, 3.63) is 59.9 Å². The summed E-state index contributed by atoms with van der Waals surface area (Å²) < 4.78 is 38.5. The molecule has 0 saturated carbocycles. The van der Waals surface area contributed by atoms with Crippen LogP contribution in [0.4, 0.5) is 18.9 Å². The first kappa shape index (κ1) is 15.9. The second kappa shape index (κ2) is 6.99. The lowest BCUT2D eigenvalue weighted by molar-refractivity contribution is -0.136. The summed E-state index contributed by atoms with van der Waals surface area (Å²) in [7, 11) is 0. The first-order chi connectivity index (χ1) is 10.5. The van der Waals surface area contributed by atoms with E-state index < -0.39 is 11.7 Å². The van der Waals surface area contributed by atoms with E-state index in [9.17, 15) is 13.2 Å². The van der Waals surface area contributed by atoms with Crippen LogP contribution in [0.15, 0.2) is 53.9 Å². The van der Waals surface area contributed by atoms with Gasteiger partial charge in [0.2, 0.25) is 0 Å². The van der Waals surface area contributed by atoms with Crippen molar-refractivity contribution >= 4 is 29.2 Å². The number of nitrogens with zero attached hydrogens (tertiary/aromatic N) is 2. The predicted octanol–water partition coefficient (Wildman–Crippen LogP) is 3.42. The van der Waals surface area contributed by atoms with E-state index in [-0.39, 0.29) is 10.8 Å². The third kappa shape index (κ3) is 4.52. The van der Waals surface area contributed by atoms with E-state index >= 15 is 0 Å². The number of aromatic nitrogens is 1. The number of para-hydroxylation sites is 1. The highest BCUT2D eigenvalue weighted by Gasteiger charge is 2.33. The van der Waals surface area contributed by atoms with Crippen LogP contribution in [0.5, 0.6) is 0 Å². The standard InChI is InChI=1S/C14H11F3N4S/c15-14(16,17)11-5-1-2-6-12(11)20-13(22)21-19-9-10-4-3-7-18-8-10/h1-9H,(H2,20,21,22)/b19-9+. The fourth-order valence-electron chi connectivity index (χ4n) is 1.61. The maximum absolute atomic E-state index is 12.8. The average Bonchev–Trinajstić information content (AvgIpc) is 2.48. The lowest BCUT2D eigenvalue weighted by Crippen LogP contribution is -2.25. The Kier molecular flexibility index (Phi) is 5.05. The number of halogens is 3. The lowest BCUT2D eigenvalue weighted by Gasteiger charge is -2.14. The summed E-state index contributed by atoms with van der Waals surface area (Å²) in [5.74, 6) is 0. The zero-order valence-electron chi connectivity index (χ0n) is 11.1. The van der Waals surface area contributed by atoms with E-state index in [2.05, 4.69) is 20.8 Å². The highest BCUT2D eigenvalue weighted by atomic mass is 32.1. The molecule has 0 aliphatic carbocycles. The highest BCUT2D eigenvalue weighted by molar-refractivity contribution is 7.80. The molecule has 0 atom stereocenters. The maximum Gasteiger partial charge on any atom is 0.418 e. The quantitative estimate of drug-likeness (QED) is 0.516. The number of benzene rings is 1. The molecule has 114 valence electrons. The SMILES string of the molecule is FC(F)(F)c1ccccc1NC(=S)N/N=C/c1cccnc1. The topological polar surface area (TPSA) is 49.3 Å². The van der Waals surface area contributed by atoms with Gasteiger partial charge in [-0.2, -0.15) is 18.3 Å². The first-order valence-corrected chi connectivity index (χ1v) is 6.54. The fraction of sp³-hybridized carbons (Fsp3) is 0.0714. The van der Waals surface area contributed by atoms with Gasteiger partial charge < -0.3 is 5.32 Å². The molecule has 0 spiro atoms. The number of hydrogen-bond acceptors (Lipinski definition) is 3. The van der Waals surface area contributed by atoms with Crippen molar-refractivity contribution in [2.24, 2.45) is 5.10 Å². The van der Waals surface area contributed by atoms with Gasteiger partial charge in [-0.3, -0.25) is 10.4 Å². The van der Waals surface area contributed by atoms with Crippen molar-refractivity contribution in [2.45, 2.75) is 6.18 Å². The molecule has 0 unspecified atom stereocenters. The zero-order valence-corrected chi connectivity index (χ0v) is 11.9. The Morgan fingerprint density at radius 2 is 1.95 bits per heavy atom. The molecule has 8 heteroatoms. The molecule has 2 rings (SSSR count). The molecule has 2 N–H and O–H groups in total. The van der Waals surface area contributed by atoms with Gasteiger partial charge in [0, 0.05) is 18.0 Å². The third-order valence-corrected chi connectivity index (χ3v) is 2.74. The molecule has 0 amide bonds. The van der Waals surface area contributed by atoms with Gasteiger partial charge in [0.15, 0.2) is 5.11 Å². The molecule has 4 nitrogen and oxygen atoms in total. The second-order valence-electron chi connectivity index (χ2n) is 4.15. The normalized spacial score (nSPS) is 11.4. The Hall–Kier alpha value is -2.48. The van der Waals surface area contributed by atoms with Crippen LogP contribution in [-0.2, 0) is 6.18 Å². The van der Waals surface area contributed by atoms with Gasteiger partial charge in [-0.05, 0) is 30.4 Å². The molecule has 2 aromatic rings. The number of nitrogens with one attached hydrogen (secondary N) is 2. The van der Waals surface area contributed by atoms with Crippen LogP contribution in [0.2, 0.25) is 0 Å². The van der Waals surface area contributed by atoms with E-state index in [4.69, 9.17) is 12.2 Å². The van der Waals surface area contributed by atoms with E-state index in [1.54, 1.807) is 24.5 Å². The number of thiocarbonyl (C=S) groups is 1. The predicted molar refractivity (Wildman–Crippen MR) is 82.6 cm³/mol. The molecule has 0 bridgehead atoms. The van der Waals surface area contributed by atoms with Gasteiger partial charge in [-0.25, -0.2) is 0 Å². The molecule has 0 aliphatic heterocycles. The van der Waals surface area contributed by atoms with E-state index in [1.807, 2.05) is 0 Å². The van der Waals surface area contributed by atoms with Crippen LogP contribution in [-0.4, -0.2) is 16.3 Å². The monoisotopic (exact) mass is 324 g/mol. The van der Waals surface area contributed by atoms with Crippen molar-refractivity contribution in [1.29, 1.82) is 0 Å². The molecule has 0 saturated heterocycles. The first-order valence-electron chi connectivity index (χ1n) is 6.13. The van der Waals surface area contributed by atoms with Crippen molar-refractivity contribution < 1.29 is 13.2 Å². The summed E-state index contributed by atoms with van der Waals surface area (Å²) in [6.45, 7) is 0. The number of pyridine rings is 1. The molecular formula is C14H11F3N4S. The minimum atomic E-state index is -4.46. The van der Waals surface area contributed by atoms with Crippen LogP contribution < -0.4 is 10.7 Å². The molecule has 1 aromatic heterocycles. The summed E-state index contributed by atoms with van der Waals surface area (Å²) in [4.78, 5) is 3.90. The van der Waals surface area contributed by atoms with Crippen molar-refractivity contribution in [3.8, 4) is 0 Å². The lowest BCUT2D eigenvalue weighted by atomic mass is 10.2. The Morgan fingerprint density at radius 3 is 2.64 bits per heavy atom. The van der Waals surface area contributed by atoms with Crippen molar-refractivity contribution in [3.63, 3.8) is 0 Å². The zero-order chi connectivity index (χ0) is 16.0. The molecule has 0 fully saturated rings. The van der Waals surface area contributed by atoms with Gasteiger partial charge >= 0.3 is 6.18 Å². The summed E-state index contributed by atoms with van der Waals surface area (Å²) in [5.41, 5.74) is 2.25. The molecule has 0 aliphatic rings. The Balaban J connectivity index is 2.00. The van der Waals surface area contributed by atoms with Crippen LogP contribution >= 0.6 is 12.2 Å². The summed E-state index contributed by atoms with van der Waals surface area (Å²) >= 11 is 4.91. The Labute approximate surface area is 130 Å². The minimum absolute atomic E-state index is 0.0446. The summed E-state index contributed by atoms with van der Waals surface area (Å²) in [6, 6.07) is 8.57.